The van der Waals surface area contributed by atoms with Crippen molar-refractivity contribution in [1.82, 2.24) is 9.97 Å². The van der Waals surface area contributed by atoms with Crippen molar-refractivity contribution in [2.45, 2.75) is 45.8 Å². The fourth-order valence-corrected chi connectivity index (χ4v) is 3.07. The lowest BCUT2D eigenvalue weighted by Crippen LogP contribution is -2.37. The minimum absolute atomic E-state index is 0.538. The first kappa shape index (κ1) is 22.3. The number of rotatable bonds is 10. The Hall–Kier alpha value is -3.41. The summed E-state index contributed by atoms with van der Waals surface area (Å²) < 4.78 is 5.58. The van der Waals surface area contributed by atoms with Gasteiger partial charge in [0.1, 0.15) is 5.75 Å². The van der Waals surface area contributed by atoms with E-state index < -0.39 is 11.6 Å². The topological polar surface area (TPSA) is 75.6 Å². The van der Waals surface area contributed by atoms with Crippen LogP contribution in [0.25, 0.3) is 0 Å². The third kappa shape index (κ3) is 6.28. The molecule has 0 atom stereocenters. The molecule has 0 unspecified atom stereocenters. The number of ether oxygens (including phenoxy) is 1. The highest BCUT2D eigenvalue weighted by Crippen LogP contribution is 2.20. The molecule has 0 saturated heterocycles. The molecule has 6 heteroatoms. The van der Waals surface area contributed by atoms with Crippen LogP contribution in [0.1, 0.15) is 37.5 Å². The number of hydrogen-bond acceptors (Lipinski definition) is 5. The van der Waals surface area contributed by atoms with Gasteiger partial charge in [0.05, 0.1) is 0 Å². The van der Waals surface area contributed by atoms with Crippen LogP contribution in [-0.4, -0.2) is 33.2 Å². The molecule has 0 fully saturated rings. The van der Waals surface area contributed by atoms with Crippen molar-refractivity contribution >= 4 is 11.9 Å². The van der Waals surface area contributed by atoms with Crippen LogP contribution in [-0.2, 0) is 24.2 Å². The van der Waals surface area contributed by atoms with E-state index in [1.807, 2.05) is 54.9 Å². The van der Waals surface area contributed by atoms with E-state index in [9.17, 15) is 9.90 Å². The zero-order valence-corrected chi connectivity index (χ0v) is 18.3. The number of anilines is 1. The largest absolute Gasteiger partial charge is 0.478 e. The molecular weight excluding hydrogens is 390 g/mol. The smallest absolute Gasteiger partial charge is 0.347 e. The maximum Gasteiger partial charge on any atom is 0.347 e. The fraction of sp³-hybridized carbons (Fsp3) is 0.320. The molecule has 0 aliphatic rings. The molecule has 6 nitrogen and oxygen atoms in total. The van der Waals surface area contributed by atoms with Crippen molar-refractivity contribution in [3.05, 3.63) is 83.7 Å². The Morgan fingerprint density at radius 3 is 2.19 bits per heavy atom. The number of aryl methyl sites for hydroxylation is 1. The van der Waals surface area contributed by atoms with Gasteiger partial charge in [-0.25, -0.2) is 14.8 Å². The number of benzene rings is 2. The summed E-state index contributed by atoms with van der Waals surface area (Å²) in [6, 6.07) is 17.8. The SMILES string of the molecule is CCc1cnc(N(CCc2ccc(OC(C)(C)C(=O)O)cc2)Cc2ccccc2)nc1. The van der Waals surface area contributed by atoms with Crippen LogP contribution in [0.3, 0.4) is 0 Å². The van der Waals surface area contributed by atoms with Crippen LogP contribution in [0.15, 0.2) is 67.0 Å². The number of nitrogens with zero attached hydrogens (tertiary/aromatic N) is 3. The molecule has 0 amide bonds. The Labute approximate surface area is 183 Å². The van der Waals surface area contributed by atoms with Crippen molar-refractivity contribution in [2.75, 3.05) is 11.4 Å². The Balaban J connectivity index is 1.70. The van der Waals surface area contributed by atoms with Crippen LogP contribution < -0.4 is 9.64 Å². The summed E-state index contributed by atoms with van der Waals surface area (Å²) in [4.78, 5) is 22.6. The predicted molar refractivity (Wildman–Crippen MR) is 121 cm³/mol. The zero-order valence-electron chi connectivity index (χ0n) is 18.3. The Morgan fingerprint density at radius 2 is 1.61 bits per heavy atom. The molecule has 3 rings (SSSR count). The molecule has 1 heterocycles. The average Bonchev–Trinajstić information content (AvgIpc) is 2.78. The minimum Gasteiger partial charge on any atom is -0.478 e. The third-order valence-corrected chi connectivity index (χ3v) is 5.08. The monoisotopic (exact) mass is 419 g/mol. The van der Waals surface area contributed by atoms with Gasteiger partial charge in [-0.1, -0.05) is 49.4 Å². The quantitative estimate of drug-likeness (QED) is 0.520. The molecule has 1 aromatic heterocycles. The van der Waals surface area contributed by atoms with Crippen LogP contribution in [0, 0.1) is 0 Å². The van der Waals surface area contributed by atoms with Gasteiger partial charge in [-0.2, -0.15) is 0 Å². The zero-order chi connectivity index (χ0) is 22.3. The lowest BCUT2D eigenvalue weighted by Gasteiger charge is -2.23. The van der Waals surface area contributed by atoms with E-state index in [2.05, 4.69) is 33.9 Å². The second-order valence-electron chi connectivity index (χ2n) is 7.96. The van der Waals surface area contributed by atoms with Gasteiger partial charge in [-0.15, -0.1) is 0 Å². The summed E-state index contributed by atoms with van der Waals surface area (Å²) in [5.41, 5.74) is 2.17. The number of hydrogen-bond donors (Lipinski definition) is 1. The van der Waals surface area contributed by atoms with Crippen molar-refractivity contribution in [1.29, 1.82) is 0 Å². The molecule has 0 aliphatic carbocycles. The average molecular weight is 420 g/mol. The van der Waals surface area contributed by atoms with E-state index in [-0.39, 0.29) is 0 Å². The van der Waals surface area contributed by atoms with Crippen LogP contribution in [0.5, 0.6) is 5.75 Å². The summed E-state index contributed by atoms with van der Waals surface area (Å²) in [6.07, 6.45) is 5.48. The lowest BCUT2D eigenvalue weighted by molar-refractivity contribution is -0.152. The Bertz CT molecular complexity index is 971. The predicted octanol–water partition coefficient (Wildman–Crippen LogP) is 4.53. The molecule has 2 aromatic carbocycles. The molecule has 0 aliphatic heterocycles. The van der Waals surface area contributed by atoms with Crippen LogP contribution in [0.4, 0.5) is 5.95 Å². The summed E-state index contributed by atoms with van der Waals surface area (Å²) >= 11 is 0. The molecule has 3 aromatic rings. The third-order valence-electron chi connectivity index (χ3n) is 5.08. The van der Waals surface area contributed by atoms with Gasteiger partial charge < -0.3 is 14.7 Å². The second kappa shape index (κ2) is 10.1. The molecule has 162 valence electrons. The highest BCUT2D eigenvalue weighted by atomic mass is 16.5. The van der Waals surface area contributed by atoms with Gasteiger partial charge >= 0.3 is 5.97 Å². The van der Waals surface area contributed by atoms with Gasteiger partial charge in [0, 0.05) is 25.5 Å². The standard InChI is InChI=1S/C25H29N3O3/c1-4-19-16-26-24(27-17-19)28(18-21-8-6-5-7-9-21)15-14-20-10-12-22(13-11-20)31-25(2,3)23(29)30/h5-13,16-17H,4,14-15,18H2,1-3H3,(H,29,30). The maximum absolute atomic E-state index is 11.3. The van der Waals surface area contributed by atoms with Gasteiger partial charge in [-0.05, 0) is 55.5 Å². The first-order valence-corrected chi connectivity index (χ1v) is 10.5. The summed E-state index contributed by atoms with van der Waals surface area (Å²) in [5.74, 6) is 0.252. The summed E-state index contributed by atoms with van der Waals surface area (Å²) in [5, 5.41) is 9.22. The van der Waals surface area contributed by atoms with Crippen LogP contribution >= 0.6 is 0 Å². The number of carbonyl (C=O) groups is 1. The maximum atomic E-state index is 11.3. The van der Waals surface area contributed by atoms with Gasteiger partial charge in [0.2, 0.25) is 5.95 Å². The number of carboxylic acids is 1. The normalized spacial score (nSPS) is 11.2. The lowest BCUT2D eigenvalue weighted by atomic mass is 10.1. The van der Waals surface area contributed by atoms with E-state index in [1.165, 1.54) is 19.4 Å². The van der Waals surface area contributed by atoms with E-state index >= 15 is 0 Å². The fourth-order valence-electron chi connectivity index (χ4n) is 3.07. The molecule has 0 spiro atoms. The highest BCUT2D eigenvalue weighted by molar-refractivity contribution is 5.76. The van der Waals surface area contributed by atoms with Crippen molar-refractivity contribution in [2.24, 2.45) is 0 Å². The minimum atomic E-state index is -1.27. The van der Waals surface area contributed by atoms with E-state index in [1.54, 1.807) is 0 Å². The van der Waals surface area contributed by atoms with Crippen molar-refractivity contribution in [3.8, 4) is 5.75 Å². The molecule has 0 saturated carbocycles. The van der Waals surface area contributed by atoms with Gasteiger partial charge in [0.15, 0.2) is 5.60 Å². The summed E-state index contributed by atoms with van der Waals surface area (Å²) in [7, 11) is 0. The molecule has 31 heavy (non-hydrogen) atoms. The van der Waals surface area contributed by atoms with Gasteiger partial charge in [-0.3, -0.25) is 0 Å². The molecular formula is C25H29N3O3. The van der Waals surface area contributed by atoms with Crippen LogP contribution in [0.2, 0.25) is 0 Å². The highest BCUT2D eigenvalue weighted by Gasteiger charge is 2.29. The van der Waals surface area contributed by atoms with Crippen molar-refractivity contribution < 1.29 is 14.6 Å². The van der Waals surface area contributed by atoms with Crippen molar-refractivity contribution in [3.63, 3.8) is 0 Å². The summed E-state index contributed by atoms with van der Waals surface area (Å²) in [6.45, 7) is 6.63. The number of aliphatic carboxylic acids is 1. The Morgan fingerprint density at radius 1 is 0.968 bits per heavy atom. The van der Waals surface area contributed by atoms with Gasteiger partial charge in [0.25, 0.3) is 0 Å². The Kier molecular flexibility index (Phi) is 7.23. The second-order valence-corrected chi connectivity index (χ2v) is 7.96. The van der Waals surface area contributed by atoms with E-state index in [0.717, 1.165) is 37.1 Å². The van der Waals surface area contributed by atoms with E-state index in [4.69, 9.17) is 4.74 Å². The molecule has 0 bridgehead atoms. The number of aromatic nitrogens is 2. The first-order valence-electron chi connectivity index (χ1n) is 10.5. The van der Waals surface area contributed by atoms with E-state index in [0.29, 0.717) is 11.7 Å². The molecule has 1 N–H and O–H groups in total. The first-order chi connectivity index (χ1) is 14.9. The number of carboxylic acid groups (broad SMARTS) is 1. The molecule has 0 radical (unpaired) electrons.